The molecule has 2 aliphatic heterocycles. The lowest BCUT2D eigenvalue weighted by Gasteiger charge is -2.39. The maximum Gasteiger partial charge on any atom is 0.229 e. The van der Waals surface area contributed by atoms with Gasteiger partial charge in [-0.2, -0.15) is 0 Å². The Labute approximate surface area is 217 Å². The van der Waals surface area contributed by atoms with Gasteiger partial charge in [0.05, 0.1) is 11.9 Å². The summed E-state index contributed by atoms with van der Waals surface area (Å²) in [6.45, 7) is 12.8. The second kappa shape index (κ2) is 9.58. The fraction of sp³-hybridized carbons (Fsp3) is 0.448. The second-order valence-corrected chi connectivity index (χ2v) is 10.6. The van der Waals surface area contributed by atoms with Crippen LogP contribution in [0.1, 0.15) is 49.8 Å². The van der Waals surface area contributed by atoms with Crippen molar-refractivity contribution in [2.24, 2.45) is 4.99 Å². The third kappa shape index (κ3) is 4.42. The molecule has 1 aliphatic carbocycles. The molecule has 0 atom stereocenters. The van der Waals surface area contributed by atoms with Gasteiger partial charge in [-0.25, -0.2) is 19.3 Å². The number of likely N-dealkylation sites (N-methyl/N-ethyl adjacent to an activating group) is 1. The third-order valence-corrected chi connectivity index (χ3v) is 8.40. The van der Waals surface area contributed by atoms with Crippen LogP contribution in [0.15, 0.2) is 41.7 Å². The number of hydrogen-bond acceptors (Lipinski definition) is 7. The van der Waals surface area contributed by atoms with Crippen molar-refractivity contribution in [2.45, 2.75) is 52.0 Å². The van der Waals surface area contributed by atoms with Crippen LogP contribution in [0.5, 0.6) is 0 Å². The van der Waals surface area contributed by atoms with Crippen molar-refractivity contribution in [1.82, 2.24) is 24.8 Å². The number of nitrogens with zero attached hydrogens (tertiary/aromatic N) is 6. The fourth-order valence-corrected chi connectivity index (χ4v) is 5.92. The first-order valence-corrected chi connectivity index (χ1v) is 13.4. The zero-order valence-electron chi connectivity index (χ0n) is 21.9. The quantitative estimate of drug-likeness (QED) is 0.490. The summed E-state index contributed by atoms with van der Waals surface area (Å²) in [7, 11) is 0. The third-order valence-electron chi connectivity index (χ3n) is 8.40. The van der Waals surface area contributed by atoms with Gasteiger partial charge < -0.3 is 10.2 Å². The highest BCUT2D eigenvalue weighted by Crippen LogP contribution is 2.54. The van der Waals surface area contributed by atoms with Crippen molar-refractivity contribution in [3.05, 3.63) is 59.2 Å². The zero-order valence-corrected chi connectivity index (χ0v) is 21.9. The van der Waals surface area contributed by atoms with Crippen LogP contribution in [-0.2, 0) is 12.0 Å². The molecule has 4 heterocycles. The fourth-order valence-electron chi connectivity index (χ4n) is 5.92. The molecule has 1 spiro atoms. The first-order valence-electron chi connectivity index (χ1n) is 13.4. The molecule has 0 radical (unpaired) electrons. The lowest BCUT2D eigenvalue weighted by Crippen LogP contribution is -2.45. The minimum atomic E-state index is -0.435. The van der Waals surface area contributed by atoms with Gasteiger partial charge in [0.1, 0.15) is 11.5 Å². The number of halogens is 1. The van der Waals surface area contributed by atoms with Crippen LogP contribution in [-0.4, -0.2) is 63.2 Å². The van der Waals surface area contributed by atoms with E-state index in [2.05, 4.69) is 56.0 Å². The largest absolute Gasteiger partial charge is 0.309 e. The SMILES string of the molecule is CCN1CCN(Cc2ccc(Nc3ncc(F)c(-c4cc(C)c5c(c4)C4(CCC4)C(C)=N5)n3)nc2)CC1. The molecule has 3 aliphatic rings. The average molecular weight is 500 g/mol. The smallest absolute Gasteiger partial charge is 0.229 e. The van der Waals surface area contributed by atoms with Crippen molar-refractivity contribution in [3.8, 4) is 11.3 Å². The van der Waals surface area contributed by atoms with Gasteiger partial charge in [-0.15, -0.1) is 0 Å². The lowest BCUT2D eigenvalue weighted by atomic mass is 9.62. The molecule has 0 unspecified atom stereocenters. The number of nitrogens with one attached hydrogen (secondary N) is 1. The van der Waals surface area contributed by atoms with Crippen molar-refractivity contribution >= 4 is 23.2 Å². The van der Waals surface area contributed by atoms with E-state index in [1.165, 1.54) is 29.5 Å². The Kier molecular flexibility index (Phi) is 6.24. The minimum Gasteiger partial charge on any atom is -0.309 e. The molecule has 7 nitrogen and oxygen atoms in total. The number of aromatic nitrogens is 3. The van der Waals surface area contributed by atoms with E-state index in [4.69, 9.17) is 4.99 Å². The van der Waals surface area contributed by atoms with E-state index in [1.807, 2.05) is 25.3 Å². The van der Waals surface area contributed by atoms with Gasteiger partial charge in [0, 0.05) is 55.6 Å². The van der Waals surface area contributed by atoms with E-state index in [0.717, 1.165) is 68.9 Å². The molecule has 1 saturated heterocycles. The summed E-state index contributed by atoms with van der Waals surface area (Å²) in [5, 5.41) is 3.16. The molecular weight excluding hydrogens is 465 g/mol. The van der Waals surface area contributed by atoms with Crippen LogP contribution in [0, 0.1) is 12.7 Å². The molecule has 6 rings (SSSR count). The van der Waals surface area contributed by atoms with Gasteiger partial charge >= 0.3 is 0 Å². The number of aliphatic imine (C=N–C) groups is 1. The second-order valence-electron chi connectivity index (χ2n) is 10.6. The number of piperazine rings is 1. The van der Waals surface area contributed by atoms with Crippen molar-refractivity contribution < 1.29 is 4.39 Å². The Morgan fingerprint density at radius 3 is 2.46 bits per heavy atom. The molecule has 3 aromatic rings. The van der Waals surface area contributed by atoms with Crippen molar-refractivity contribution in [3.63, 3.8) is 0 Å². The van der Waals surface area contributed by atoms with Crippen molar-refractivity contribution in [1.29, 1.82) is 0 Å². The maximum atomic E-state index is 15.0. The zero-order chi connectivity index (χ0) is 25.6. The van der Waals surface area contributed by atoms with E-state index >= 15 is 0 Å². The Balaban J connectivity index is 1.19. The summed E-state index contributed by atoms with van der Waals surface area (Å²) in [5.74, 6) is 0.533. The highest BCUT2D eigenvalue weighted by atomic mass is 19.1. The number of rotatable bonds is 6. The topological polar surface area (TPSA) is 69.5 Å². The summed E-state index contributed by atoms with van der Waals surface area (Å²) in [6, 6.07) is 8.08. The van der Waals surface area contributed by atoms with Crippen LogP contribution in [0.2, 0.25) is 0 Å². The van der Waals surface area contributed by atoms with Gasteiger partial charge in [0.15, 0.2) is 5.82 Å². The molecule has 1 saturated carbocycles. The van der Waals surface area contributed by atoms with E-state index in [9.17, 15) is 4.39 Å². The number of fused-ring (bicyclic) bond motifs is 2. The predicted octanol–water partition coefficient (Wildman–Crippen LogP) is 5.39. The molecule has 192 valence electrons. The van der Waals surface area contributed by atoms with Crippen LogP contribution in [0.4, 0.5) is 21.8 Å². The van der Waals surface area contributed by atoms with Gasteiger partial charge in [-0.1, -0.05) is 19.4 Å². The lowest BCUT2D eigenvalue weighted by molar-refractivity contribution is 0.132. The molecule has 8 heteroatoms. The summed E-state index contributed by atoms with van der Waals surface area (Å²) in [5.41, 5.74) is 6.75. The average Bonchev–Trinajstić information content (AvgIpc) is 3.19. The van der Waals surface area contributed by atoms with Gasteiger partial charge in [0.25, 0.3) is 0 Å². The number of aryl methyl sites for hydroxylation is 1. The van der Waals surface area contributed by atoms with Crippen LogP contribution in [0.3, 0.4) is 0 Å². The van der Waals surface area contributed by atoms with Crippen LogP contribution in [0.25, 0.3) is 11.3 Å². The molecule has 0 bridgehead atoms. The van der Waals surface area contributed by atoms with Crippen molar-refractivity contribution in [2.75, 3.05) is 38.0 Å². The Morgan fingerprint density at radius 2 is 1.78 bits per heavy atom. The number of anilines is 2. The number of pyridine rings is 1. The summed E-state index contributed by atoms with van der Waals surface area (Å²) in [6.07, 6.45) is 6.54. The Hall–Kier alpha value is -3.23. The van der Waals surface area contributed by atoms with Crippen LogP contribution >= 0.6 is 0 Å². The normalized spacial score (nSPS) is 19.0. The van der Waals surface area contributed by atoms with E-state index < -0.39 is 5.82 Å². The molecule has 1 aromatic carbocycles. The van der Waals surface area contributed by atoms with Gasteiger partial charge in [0.2, 0.25) is 5.95 Å². The molecule has 0 amide bonds. The Bertz CT molecular complexity index is 1340. The molecule has 2 fully saturated rings. The van der Waals surface area contributed by atoms with E-state index in [1.54, 1.807) is 0 Å². The molecular formula is C29H34FN7. The maximum absolute atomic E-state index is 15.0. The molecule has 37 heavy (non-hydrogen) atoms. The number of benzene rings is 1. The first kappa shape index (κ1) is 24.1. The van der Waals surface area contributed by atoms with Crippen LogP contribution < -0.4 is 5.32 Å². The predicted molar refractivity (Wildman–Crippen MR) is 145 cm³/mol. The summed E-state index contributed by atoms with van der Waals surface area (Å²) >= 11 is 0. The standard InChI is InChI=1S/C29H34FN7/c1-4-36-10-12-37(13-11-36)18-21-6-7-25(31-16-21)34-28-32-17-24(30)27(35-28)22-14-19(2)26-23(15-22)29(8-5-9-29)20(3)33-26/h6-7,14-17H,4-5,8-13,18H2,1-3H3,(H,31,32,34,35). The number of hydrogen-bond donors (Lipinski definition) is 1. The first-order chi connectivity index (χ1) is 17.9. The van der Waals surface area contributed by atoms with E-state index in [0.29, 0.717) is 17.5 Å². The molecule has 2 aromatic heterocycles. The highest BCUT2D eigenvalue weighted by molar-refractivity contribution is 6.02. The highest BCUT2D eigenvalue weighted by Gasteiger charge is 2.46. The van der Waals surface area contributed by atoms with E-state index in [-0.39, 0.29) is 5.41 Å². The van der Waals surface area contributed by atoms with Gasteiger partial charge in [-0.3, -0.25) is 9.89 Å². The monoisotopic (exact) mass is 499 g/mol. The van der Waals surface area contributed by atoms with Gasteiger partial charge in [-0.05, 0) is 68.1 Å². The molecule has 1 N–H and O–H groups in total. The minimum absolute atomic E-state index is 0.0237. The summed E-state index contributed by atoms with van der Waals surface area (Å²) < 4.78 is 15.0. The Morgan fingerprint density at radius 1 is 1.00 bits per heavy atom. The summed E-state index contributed by atoms with van der Waals surface area (Å²) in [4.78, 5) is 23.1.